The first kappa shape index (κ1) is 48.8. The molecular weight excluding hydrogens is 854 g/mol. The van der Waals surface area contributed by atoms with Gasteiger partial charge in [0.15, 0.2) is 0 Å². The molecule has 0 radical (unpaired) electrons. The topological polar surface area (TPSA) is 0 Å². The number of hydrogen-bond donors (Lipinski definition) is 0. The summed E-state index contributed by atoms with van der Waals surface area (Å²) >= 11 is 0. The molecule has 0 amide bonds. The molecule has 56 heavy (non-hydrogen) atoms. The normalized spacial score (nSPS) is 16.6. The Morgan fingerprint density at radius 1 is 0.304 bits per heavy atom. The zero-order valence-corrected chi connectivity index (χ0v) is 27.0. The summed E-state index contributed by atoms with van der Waals surface area (Å²) in [5.74, 6) is -78.2. The molecule has 0 saturated carbocycles. The Morgan fingerprint density at radius 2 is 0.500 bits per heavy atom. The molecule has 2 aromatic carbocycles. The average molecular weight is 874 g/mol. The van der Waals surface area contributed by atoms with Crippen LogP contribution >= 0.6 is 0 Å². The van der Waals surface area contributed by atoms with Crippen LogP contribution in [0.5, 0.6) is 0 Å². The molecular formula is C30H20F26. The molecule has 0 bridgehead atoms. The van der Waals surface area contributed by atoms with Crippen LogP contribution in [0.2, 0.25) is 0 Å². The molecule has 2 rings (SSSR count). The lowest BCUT2D eigenvalue weighted by molar-refractivity contribution is -0.441. The Balaban J connectivity index is 2.27. The minimum Gasteiger partial charge on any atom is -0.194 e. The van der Waals surface area contributed by atoms with E-state index in [0.29, 0.717) is 24.3 Å². The fourth-order valence-corrected chi connectivity index (χ4v) is 4.78. The standard InChI is InChI=1S/C30H20F26/c1-13(15-5-9-17(10-6-15)19(31,32)21(35,36)23(39,40)25(43,44)27(47,48)29(51,52)53)3-4-14(2)16-7-11-18(12-8-16)20(33,34)22(37,38)24(41,42)26(45,46)28(49,50)30(54,55)56/h5-14H,3-4H2,1-2H3. The maximum Gasteiger partial charge on any atom is 0.460 e. The predicted molar refractivity (Wildman–Crippen MR) is 138 cm³/mol. The van der Waals surface area contributed by atoms with Crippen LogP contribution in [-0.2, 0) is 11.8 Å². The summed E-state index contributed by atoms with van der Waals surface area (Å²) in [6.07, 6.45) is -15.5. The molecule has 2 atom stereocenters. The van der Waals surface area contributed by atoms with Crippen molar-refractivity contribution in [2.24, 2.45) is 0 Å². The summed E-state index contributed by atoms with van der Waals surface area (Å²) in [4.78, 5) is 0. The molecule has 0 fully saturated rings. The zero-order valence-electron chi connectivity index (χ0n) is 27.0. The molecule has 26 heteroatoms. The molecule has 2 unspecified atom stereocenters. The highest BCUT2D eigenvalue weighted by Crippen LogP contribution is 2.64. The molecule has 0 saturated heterocycles. The van der Waals surface area contributed by atoms with Crippen LogP contribution in [-0.4, -0.2) is 59.7 Å². The minimum absolute atomic E-state index is 0.0996. The van der Waals surface area contributed by atoms with E-state index < -0.39 is 94.5 Å². The van der Waals surface area contributed by atoms with Gasteiger partial charge in [0, 0.05) is 11.1 Å². The molecule has 322 valence electrons. The number of benzene rings is 2. The number of alkyl halides is 26. The van der Waals surface area contributed by atoms with Gasteiger partial charge in [-0.05, 0) is 35.8 Å². The average Bonchev–Trinajstić information content (AvgIpc) is 3.05. The summed E-state index contributed by atoms with van der Waals surface area (Å²) in [6.45, 7) is 2.48. The van der Waals surface area contributed by atoms with Gasteiger partial charge in [-0.1, -0.05) is 62.4 Å². The van der Waals surface area contributed by atoms with Gasteiger partial charge in [-0.2, -0.15) is 114 Å². The van der Waals surface area contributed by atoms with Crippen molar-refractivity contribution in [2.75, 3.05) is 0 Å². The van der Waals surface area contributed by atoms with Crippen molar-refractivity contribution < 1.29 is 114 Å². The zero-order chi connectivity index (χ0) is 44.5. The van der Waals surface area contributed by atoms with Crippen molar-refractivity contribution in [3.8, 4) is 0 Å². The molecule has 0 heterocycles. The van der Waals surface area contributed by atoms with Gasteiger partial charge in [0.1, 0.15) is 0 Å². The van der Waals surface area contributed by atoms with Gasteiger partial charge < -0.3 is 0 Å². The second-order valence-electron chi connectivity index (χ2n) is 12.4. The van der Waals surface area contributed by atoms with Gasteiger partial charge in [0.2, 0.25) is 0 Å². The van der Waals surface area contributed by atoms with E-state index in [4.69, 9.17) is 0 Å². The lowest BCUT2D eigenvalue weighted by Crippen LogP contribution is -2.69. The first-order valence-corrected chi connectivity index (χ1v) is 14.6. The van der Waals surface area contributed by atoms with Crippen LogP contribution in [0, 0.1) is 0 Å². The summed E-state index contributed by atoms with van der Waals surface area (Å²) in [5, 5.41) is 0. The van der Waals surface area contributed by atoms with Crippen molar-refractivity contribution in [1.82, 2.24) is 0 Å². The molecule has 0 aliphatic carbocycles. The van der Waals surface area contributed by atoms with Crippen molar-refractivity contribution in [3.63, 3.8) is 0 Å². The maximum absolute atomic E-state index is 14.5. The third kappa shape index (κ3) is 7.19. The van der Waals surface area contributed by atoms with Gasteiger partial charge in [0.25, 0.3) is 0 Å². The summed E-state index contributed by atoms with van der Waals surface area (Å²) in [7, 11) is 0. The largest absolute Gasteiger partial charge is 0.460 e. The Hall–Kier alpha value is -3.38. The van der Waals surface area contributed by atoms with E-state index in [-0.39, 0.29) is 48.2 Å². The Bertz CT molecular complexity index is 1520. The molecule has 0 aliphatic rings. The highest BCUT2D eigenvalue weighted by molar-refractivity contribution is 5.32. The lowest BCUT2D eigenvalue weighted by atomic mass is 9.86. The van der Waals surface area contributed by atoms with Crippen LogP contribution in [0.1, 0.15) is 60.8 Å². The molecule has 2 aromatic rings. The van der Waals surface area contributed by atoms with E-state index in [0.717, 1.165) is 0 Å². The quantitative estimate of drug-likeness (QED) is 0.156. The fraction of sp³-hybridized carbons (Fsp3) is 0.600. The van der Waals surface area contributed by atoms with E-state index in [1.165, 1.54) is 13.8 Å². The Kier molecular flexibility index (Phi) is 12.3. The smallest absolute Gasteiger partial charge is 0.194 e. The first-order valence-electron chi connectivity index (χ1n) is 14.6. The van der Waals surface area contributed by atoms with E-state index in [1.54, 1.807) is 0 Å². The van der Waals surface area contributed by atoms with E-state index in [2.05, 4.69) is 0 Å². The highest BCUT2D eigenvalue weighted by Gasteiger charge is 2.92. The first-order chi connectivity index (χ1) is 24.5. The molecule has 0 spiro atoms. The van der Waals surface area contributed by atoms with Crippen LogP contribution in [0.3, 0.4) is 0 Å². The van der Waals surface area contributed by atoms with E-state index >= 15 is 0 Å². The number of hydrogen-bond acceptors (Lipinski definition) is 0. The lowest BCUT2D eigenvalue weighted by Gasteiger charge is -2.39. The fourth-order valence-electron chi connectivity index (χ4n) is 4.78. The third-order valence-electron chi connectivity index (χ3n) is 8.58. The van der Waals surface area contributed by atoms with Crippen LogP contribution in [0.25, 0.3) is 0 Å². The SMILES string of the molecule is CC(CCC(C)c1ccc(C(F)(F)C(F)(F)C(F)(F)C(F)(F)C(F)(F)C(F)(F)F)cc1)c1ccc(C(F)(F)C(F)(F)C(F)(F)C(F)(F)C(F)(F)C(F)(F)F)cc1. The molecule has 0 N–H and O–H groups in total. The summed E-state index contributed by atoms with van der Waals surface area (Å²) in [6, 6.07) is 1.53. The van der Waals surface area contributed by atoms with Crippen molar-refractivity contribution in [3.05, 3.63) is 70.8 Å². The molecule has 0 aromatic heterocycles. The van der Waals surface area contributed by atoms with Gasteiger partial charge in [-0.15, -0.1) is 0 Å². The Morgan fingerprint density at radius 3 is 0.696 bits per heavy atom. The molecule has 0 nitrogen and oxygen atoms in total. The van der Waals surface area contributed by atoms with E-state index in [9.17, 15) is 114 Å². The number of halogens is 26. The van der Waals surface area contributed by atoms with Crippen molar-refractivity contribution in [1.29, 1.82) is 0 Å². The van der Waals surface area contributed by atoms with Gasteiger partial charge >= 0.3 is 71.6 Å². The maximum atomic E-state index is 14.5. The van der Waals surface area contributed by atoms with Crippen LogP contribution in [0.15, 0.2) is 48.5 Å². The number of rotatable bonds is 15. The van der Waals surface area contributed by atoms with Crippen LogP contribution < -0.4 is 0 Å². The van der Waals surface area contributed by atoms with Gasteiger partial charge in [-0.25, -0.2) is 0 Å². The summed E-state index contributed by atoms with van der Waals surface area (Å²) in [5.41, 5.74) is -4.86. The predicted octanol–water partition coefficient (Wildman–Crippen LogP) is 13.8. The van der Waals surface area contributed by atoms with Gasteiger partial charge in [-0.3, -0.25) is 0 Å². The minimum atomic E-state index is -8.12. The monoisotopic (exact) mass is 874 g/mol. The van der Waals surface area contributed by atoms with Crippen molar-refractivity contribution >= 4 is 0 Å². The Labute approximate surface area is 295 Å². The highest BCUT2D eigenvalue weighted by atomic mass is 19.4. The van der Waals surface area contributed by atoms with Crippen molar-refractivity contribution in [2.45, 2.75) is 110 Å². The van der Waals surface area contributed by atoms with Gasteiger partial charge in [0.05, 0.1) is 0 Å². The second-order valence-corrected chi connectivity index (χ2v) is 12.4. The van der Waals surface area contributed by atoms with E-state index in [1.807, 2.05) is 0 Å². The molecule has 0 aliphatic heterocycles. The third-order valence-corrected chi connectivity index (χ3v) is 8.58. The summed E-state index contributed by atoms with van der Waals surface area (Å²) < 4.78 is 350. The van der Waals surface area contributed by atoms with Crippen LogP contribution in [0.4, 0.5) is 114 Å². The second kappa shape index (κ2) is 14.2.